The van der Waals surface area contributed by atoms with E-state index in [-0.39, 0.29) is 44.0 Å². The minimum Gasteiger partial charge on any atom is -0.461 e. The summed E-state index contributed by atoms with van der Waals surface area (Å²) in [5.41, 5.74) is 0.550. The Bertz CT molecular complexity index is 1120. The lowest BCUT2D eigenvalue weighted by atomic mass is 9.62. The van der Waals surface area contributed by atoms with Crippen LogP contribution in [-0.2, 0) is 23.9 Å². The normalized spacial score (nSPS) is 31.8. The number of carbonyl (C=O) groups excluding carboxylic acids is 3. The van der Waals surface area contributed by atoms with Crippen molar-refractivity contribution in [1.29, 1.82) is 0 Å². The van der Waals surface area contributed by atoms with Crippen molar-refractivity contribution in [3.05, 3.63) is 54.6 Å². The fourth-order valence-electron chi connectivity index (χ4n) is 6.68. The standard InChI is InChI=1S/C29H38N2O6/c1-7-12-30(21-16-18(3)10-11-19(21)4)26(34)24-29-17-20(5)28(6,37-29)23(27(35)36-15-8-2)22(29)25(33)31(24)13-9-14-32/h7-8,10-11,16,20,22-24,32H,1-2,9,12-15,17H2,3-6H3/t20?,22-,23+,24?,28-,29?/m0/s1. The molecule has 2 bridgehead atoms. The molecular formula is C29H38N2O6. The number of hydrogen-bond donors (Lipinski definition) is 1. The Hall–Kier alpha value is -2.97. The molecule has 200 valence electrons. The smallest absolute Gasteiger partial charge is 0.313 e. The quantitative estimate of drug-likeness (QED) is 0.384. The van der Waals surface area contributed by atoms with E-state index in [1.165, 1.54) is 11.0 Å². The van der Waals surface area contributed by atoms with E-state index in [0.717, 1.165) is 16.8 Å². The summed E-state index contributed by atoms with van der Waals surface area (Å²) in [4.78, 5) is 45.0. The maximum Gasteiger partial charge on any atom is 0.313 e. The van der Waals surface area contributed by atoms with Gasteiger partial charge in [0.05, 0.1) is 11.5 Å². The lowest BCUT2D eigenvalue weighted by Crippen LogP contribution is -2.57. The van der Waals surface area contributed by atoms with Crippen LogP contribution in [0.15, 0.2) is 43.5 Å². The number of carbonyl (C=O) groups is 3. The summed E-state index contributed by atoms with van der Waals surface area (Å²) < 4.78 is 12.1. The van der Waals surface area contributed by atoms with E-state index >= 15 is 0 Å². The fraction of sp³-hybridized carbons (Fsp3) is 0.552. The number of hydrogen-bond acceptors (Lipinski definition) is 6. The summed E-state index contributed by atoms with van der Waals surface area (Å²) in [6.45, 7) is 15.6. The van der Waals surface area contributed by atoms with Crippen LogP contribution in [0, 0.1) is 31.6 Å². The molecule has 3 fully saturated rings. The largest absolute Gasteiger partial charge is 0.461 e. The first-order chi connectivity index (χ1) is 17.6. The highest BCUT2D eigenvalue weighted by Crippen LogP contribution is 2.65. The van der Waals surface area contributed by atoms with Gasteiger partial charge >= 0.3 is 5.97 Å². The molecule has 1 aromatic carbocycles. The topological polar surface area (TPSA) is 96.4 Å². The third-order valence-corrected chi connectivity index (χ3v) is 8.44. The summed E-state index contributed by atoms with van der Waals surface area (Å²) >= 11 is 0. The highest BCUT2D eigenvalue weighted by molar-refractivity contribution is 6.05. The zero-order valence-corrected chi connectivity index (χ0v) is 22.2. The Balaban J connectivity index is 1.83. The molecule has 1 N–H and O–H groups in total. The lowest BCUT2D eigenvalue weighted by Gasteiger charge is -2.37. The van der Waals surface area contributed by atoms with Gasteiger partial charge in [0.15, 0.2) is 0 Å². The monoisotopic (exact) mass is 510 g/mol. The number of fused-ring (bicyclic) bond motifs is 1. The molecule has 3 heterocycles. The van der Waals surface area contributed by atoms with Gasteiger partial charge in [-0.15, -0.1) is 6.58 Å². The van der Waals surface area contributed by atoms with E-state index in [4.69, 9.17) is 9.47 Å². The third kappa shape index (κ3) is 4.10. The zero-order chi connectivity index (χ0) is 27.1. The molecule has 37 heavy (non-hydrogen) atoms. The highest BCUT2D eigenvalue weighted by Gasteiger charge is 2.80. The van der Waals surface area contributed by atoms with Crippen LogP contribution in [0.2, 0.25) is 0 Å². The minimum atomic E-state index is -1.17. The molecule has 3 aliphatic rings. The van der Waals surface area contributed by atoms with Gasteiger partial charge in [0.25, 0.3) is 5.91 Å². The van der Waals surface area contributed by atoms with Gasteiger partial charge < -0.3 is 24.4 Å². The van der Waals surface area contributed by atoms with Gasteiger partial charge in [0.2, 0.25) is 5.91 Å². The number of likely N-dealkylation sites (tertiary alicyclic amines) is 1. The van der Waals surface area contributed by atoms with Crippen LogP contribution in [0.4, 0.5) is 5.69 Å². The number of nitrogens with zero attached hydrogens (tertiary/aromatic N) is 2. The van der Waals surface area contributed by atoms with Crippen LogP contribution in [0.1, 0.15) is 37.8 Å². The number of amides is 2. The first-order valence-corrected chi connectivity index (χ1v) is 13.0. The average Bonchev–Trinajstić information content (AvgIpc) is 3.37. The fourth-order valence-corrected chi connectivity index (χ4v) is 6.68. The molecule has 1 aromatic rings. The molecule has 3 unspecified atom stereocenters. The van der Waals surface area contributed by atoms with Gasteiger partial charge in [-0.05, 0) is 56.7 Å². The Morgan fingerprint density at radius 1 is 1.30 bits per heavy atom. The van der Waals surface area contributed by atoms with Gasteiger partial charge in [0.1, 0.15) is 24.2 Å². The van der Waals surface area contributed by atoms with Crippen molar-refractivity contribution in [1.82, 2.24) is 4.90 Å². The third-order valence-electron chi connectivity index (χ3n) is 8.44. The van der Waals surface area contributed by atoms with Gasteiger partial charge in [-0.25, -0.2) is 0 Å². The predicted molar refractivity (Wildman–Crippen MR) is 140 cm³/mol. The molecule has 0 saturated carbocycles. The molecule has 3 saturated heterocycles. The van der Waals surface area contributed by atoms with Crippen LogP contribution in [0.3, 0.4) is 0 Å². The number of benzene rings is 1. The van der Waals surface area contributed by atoms with Crippen molar-refractivity contribution < 1.29 is 29.0 Å². The minimum absolute atomic E-state index is 0.0318. The molecule has 8 heteroatoms. The number of aliphatic hydroxyl groups is 1. The van der Waals surface area contributed by atoms with E-state index in [2.05, 4.69) is 13.2 Å². The number of rotatable bonds is 10. The number of aliphatic hydroxyl groups excluding tert-OH is 1. The van der Waals surface area contributed by atoms with Crippen LogP contribution in [0.5, 0.6) is 0 Å². The first kappa shape index (κ1) is 27.1. The second-order valence-corrected chi connectivity index (χ2v) is 10.8. The van der Waals surface area contributed by atoms with E-state index < -0.39 is 35.0 Å². The summed E-state index contributed by atoms with van der Waals surface area (Å²) in [5.74, 6) is -2.86. The molecular weight excluding hydrogens is 472 g/mol. The van der Waals surface area contributed by atoms with Crippen molar-refractivity contribution in [2.24, 2.45) is 17.8 Å². The second-order valence-electron chi connectivity index (χ2n) is 10.8. The molecule has 0 aliphatic carbocycles. The molecule has 3 aliphatic heterocycles. The maximum absolute atomic E-state index is 14.5. The van der Waals surface area contributed by atoms with Crippen molar-refractivity contribution in [3.8, 4) is 0 Å². The van der Waals surface area contributed by atoms with Crippen molar-refractivity contribution in [3.63, 3.8) is 0 Å². The van der Waals surface area contributed by atoms with E-state index in [9.17, 15) is 19.5 Å². The van der Waals surface area contributed by atoms with E-state index in [1.807, 2.05) is 45.9 Å². The van der Waals surface area contributed by atoms with Crippen LogP contribution < -0.4 is 4.90 Å². The maximum atomic E-state index is 14.5. The lowest BCUT2D eigenvalue weighted by molar-refractivity contribution is -0.160. The van der Waals surface area contributed by atoms with Gasteiger partial charge in [-0.2, -0.15) is 0 Å². The van der Waals surface area contributed by atoms with Crippen LogP contribution in [-0.4, -0.2) is 71.3 Å². The average molecular weight is 511 g/mol. The number of ether oxygens (including phenoxy) is 2. The Kier molecular flexibility index (Phi) is 7.36. The Morgan fingerprint density at radius 2 is 2.03 bits per heavy atom. The number of aryl methyl sites for hydroxylation is 2. The van der Waals surface area contributed by atoms with Crippen molar-refractivity contribution >= 4 is 23.5 Å². The van der Waals surface area contributed by atoms with Gasteiger partial charge in [0, 0.05) is 25.4 Å². The molecule has 0 aromatic heterocycles. The zero-order valence-electron chi connectivity index (χ0n) is 22.2. The Morgan fingerprint density at radius 3 is 2.68 bits per heavy atom. The molecule has 4 rings (SSSR count). The first-order valence-electron chi connectivity index (χ1n) is 13.0. The van der Waals surface area contributed by atoms with Crippen LogP contribution in [0.25, 0.3) is 0 Å². The molecule has 1 spiro atoms. The summed E-state index contributed by atoms with van der Waals surface area (Å²) in [6.07, 6.45) is 3.92. The summed E-state index contributed by atoms with van der Waals surface area (Å²) in [6, 6.07) is 4.95. The highest BCUT2D eigenvalue weighted by atomic mass is 16.6. The van der Waals surface area contributed by atoms with Crippen molar-refractivity contribution in [2.75, 3.05) is 31.2 Å². The SMILES string of the molecule is C=CCOC(=O)[C@H]1[C@H]2C(=O)N(CCCO)C(C(=O)N(CC=C)c3cc(C)ccc3C)C23CC(C)[C@]1(C)O3. The van der Waals surface area contributed by atoms with Gasteiger partial charge in [-0.3, -0.25) is 14.4 Å². The van der Waals surface area contributed by atoms with E-state index in [0.29, 0.717) is 12.8 Å². The van der Waals surface area contributed by atoms with Crippen molar-refractivity contribution in [2.45, 2.75) is 57.8 Å². The molecule has 8 nitrogen and oxygen atoms in total. The predicted octanol–water partition coefficient (Wildman–Crippen LogP) is 2.94. The second kappa shape index (κ2) is 10.1. The molecule has 6 atom stereocenters. The summed E-state index contributed by atoms with van der Waals surface area (Å²) in [7, 11) is 0. The van der Waals surface area contributed by atoms with Crippen LogP contribution >= 0.6 is 0 Å². The molecule has 0 radical (unpaired) electrons. The molecule has 2 amide bonds. The summed E-state index contributed by atoms with van der Waals surface area (Å²) in [5, 5.41) is 9.57. The Labute approximate surface area is 218 Å². The van der Waals surface area contributed by atoms with E-state index in [1.54, 1.807) is 11.0 Å². The number of anilines is 1. The number of esters is 1. The van der Waals surface area contributed by atoms with Gasteiger partial charge in [-0.1, -0.05) is 37.8 Å².